The van der Waals surface area contributed by atoms with Gasteiger partial charge in [-0.15, -0.1) is 11.8 Å². The van der Waals surface area contributed by atoms with Gasteiger partial charge in [0.1, 0.15) is 6.61 Å². The molecule has 1 aliphatic rings. The van der Waals surface area contributed by atoms with Gasteiger partial charge in [0.2, 0.25) is 0 Å². The predicted molar refractivity (Wildman–Crippen MR) is 149 cm³/mol. The first-order valence-corrected chi connectivity index (χ1v) is 13.5. The van der Waals surface area contributed by atoms with Gasteiger partial charge in [-0.2, -0.15) is 0 Å². The van der Waals surface area contributed by atoms with Crippen molar-refractivity contribution in [2.45, 2.75) is 36.9 Å². The van der Waals surface area contributed by atoms with Crippen LogP contribution >= 0.6 is 11.8 Å². The molecular weight excluding hydrogens is 518 g/mol. The third-order valence-corrected chi connectivity index (χ3v) is 7.50. The Labute approximate surface area is 231 Å². The van der Waals surface area contributed by atoms with Crippen molar-refractivity contribution in [3.8, 4) is 0 Å². The Bertz CT molecular complexity index is 1260. The van der Waals surface area contributed by atoms with E-state index in [-0.39, 0.29) is 36.9 Å². The zero-order valence-corrected chi connectivity index (χ0v) is 22.3. The topological polar surface area (TPSA) is 114 Å². The Kier molecular flexibility index (Phi) is 9.78. The number of anilines is 1. The molecule has 0 aromatic heterocycles. The molecule has 204 valence electrons. The van der Waals surface area contributed by atoms with Crippen molar-refractivity contribution in [1.82, 2.24) is 0 Å². The highest BCUT2D eigenvalue weighted by Crippen LogP contribution is 2.43. The van der Waals surface area contributed by atoms with Crippen LogP contribution in [0.2, 0.25) is 0 Å². The lowest BCUT2D eigenvalue weighted by Crippen LogP contribution is -2.38. The van der Waals surface area contributed by atoms with Gasteiger partial charge in [-0.25, -0.2) is 9.59 Å². The number of hydrogen-bond acceptors (Lipinski definition) is 7. The summed E-state index contributed by atoms with van der Waals surface area (Å²) in [5.41, 5.74) is 3.42. The maximum atomic E-state index is 11.8. The molecule has 3 aromatic rings. The molecule has 0 unspecified atom stereocenters. The number of rotatable bonds is 10. The minimum atomic E-state index is -0.958. The molecule has 0 saturated carbocycles. The normalized spacial score (nSPS) is 20.7. The largest absolute Gasteiger partial charge is 0.478 e. The smallest absolute Gasteiger partial charge is 0.411 e. The highest BCUT2D eigenvalue weighted by Gasteiger charge is 2.38. The first-order valence-electron chi connectivity index (χ1n) is 12.5. The second-order valence-electron chi connectivity index (χ2n) is 9.10. The van der Waals surface area contributed by atoms with Gasteiger partial charge in [0.05, 0.1) is 24.4 Å². The summed E-state index contributed by atoms with van der Waals surface area (Å²) in [4.78, 5) is 24.0. The molecular formula is C30H31NO7S. The van der Waals surface area contributed by atoms with Crippen molar-refractivity contribution >= 4 is 29.5 Å². The Morgan fingerprint density at radius 1 is 1.00 bits per heavy atom. The molecule has 9 heteroatoms. The van der Waals surface area contributed by atoms with E-state index < -0.39 is 18.4 Å². The van der Waals surface area contributed by atoms with E-state index in [9.17, 15) is 14.7 Å². The van der Waals surface area contributed by atoms with Crippen LogP contribution in [-0.4, -0.2) is 40.7 Å². The zero-order chi connectivity index (χ0) is 27.8. The first kappa shape index (κ1) is 28.4. The minimum Gasteiger partial charge on any atom is -0.478 e. The Balaban J connectivity index is 1.52. The maximum absolute atomic E-state index is 11.8. The highest BCUT2D eigenvalue weighted by molar-refractivity contribution is 7.99. The van der Waals surface area contributed by atoms with E-state index in [1.54, 1.807) is 48.2 Å². The molecule has 4 atom stereocenters. The van der Waals surface area contributed by atoms with Crippen LogP contribution < -0.4 is 5.32 Å². The third-order valence-electron chi connectivity index (χ3n) is 6.40. The van der Waals surface area contributed by atoms with E-state index >= 15 is 0 Å². The number of aliphatic hydroxyl groups is 1. The van der Waals surface area contributed by atoms with Crippen LogP contribution in [0.25, 0.3) is 0 Å². The summed E-state index contributed by atoms with van der Waals surface area (Å²) in [7, 11) is 0. The number of aliphatic hydroxyl groups excluding tert-OH is 1. The molecule has 0 bridgehead atoms. The number of hydrogen-bond donors (Lipinski definition) is 3. The summed E-state index contributed by atoms with van der Waals surface area (Å²) in [5, 5.41) is 21.3. The van der Waals surface area contributed by atoms with Crippen molar-refractivity contribution in [2.24, 2.45) is 5.92 Å². The number of carboxylic acids is 1. The van der Waals surface area contributed by atoms with E-state index in [1.165, 1.54) is 6.08 Å². The summed E-state index contributed by atoms with van der Waals surface area (Å²) in [6.45, 7) is 5.70. The van der Waals surface area contributed by atoms with Crippen LogP contribution in [0.4, 0.5) is 10.5 Å². The standard InChI is InChI=1S/C30H31NO7S/c1-3-16-36-30(35)31-24-12-8-23(9-13-24)29-37-26(18-39-25-14-10-22(11-15-25)28(33)34)19(2)27(38-29)21-6-4-20(17-32)5-7-21/h3-15,19,26-27,29,32H,1,16-18H2,2H3,(H,31,35)(H,33,34)/t19-,26+,27+,29+/m1/s1. The van der Waals surface area contributed by atoms with Crippen LogP contribution in [0, 0.1) is 5.92 Å². The van der Waals surface area contributed by atoms with E-state index in [2.05, 4.69) is 18.8 Å². The van der Waals surface area contributed by atoms with Crippen molar-refractivity contribution in [1.29, 1.82) is 0 Å². The van der Waals surface area contributed by atoms with Gasteiger partial charge in [0.25, 0.3) is 0 Å². The molecule has 0 spiro atoms. The molecule has 8 nitrogen and oxygen atoms in total. The van der Waals surface area contributed by atoms with Crippen LogP contribution in [0.15, 0.2) is 90.3 Å². The molecule has 3 N–H and O–H groups in total. The number of amides is 1. The molecule has 1 saturated heterocycles. The average Bonchev–Trinajstić information content (AvgIpc) is 2.96. The molecule has 4 rings (SSSR count). The minimum absolute atomic E-state index is 0.00703. The number of carbonyl (C=O) groups excluding carboxylic acids is 1. The monoisotopic (exact) mass is 549 g/mol. The highest BCUT2D eigenvalue weighted by atomic mass is 32.2. The van der Waals surface area contributed by atoms with E-state index in [0.29, 0.717) is 11.4 Å². The number of thioether (sulfide) groups is 1. The van der Waals surface area contributed by atoms with E-state index in [1.807, 2.05) is 36.4 Å². The fraction of sp³-hybridized carbons (Fsp3) is 0.267. The fourth-order valence-electron chi connectivity index (χ4n) is 4.19. The van der Waals surface area contributed by atoms with Crippen LogP contribution in [-0.2, 0) is 20.8 Å². The number of carbonyl (C=O) groups is 2. The Hall–Kier alpha value is -3.63. The van der Waals surface area contributed by atoms with Crippen molar-refractivity contribution in [2.75, 3.05) is 17.7 Å². The van der Waals surface area contributed by atoms with Crippen molar-refractivity contribution < 1.29 is 34.0 Å². The molecule has 1 amide bonds. The van der Waals surface area contributed by atoms with Gasteiger partial charge in [0.15, 0.2) is 6.29 Å². The molecule has 0 radical (unpaired) electrons. The van der Waals surface area contributed by atoms with Crippen molar-refractivity contribution in [3.63, 3.8) is 0 Å². The number of ether oxygens (including phenoxy) is 3. The lowest BCUT2D eigenvalue weighted by Gasteiger charge is -2.41. The predicted octanol–water partition coefficient (Wildman–Crippen LogP) is 6.20. The SMILES string of the molecule is C=CCOC(=O)Nc1ccc([C@H]2O[C@@H](CSc3ccc(C(=O)O)cc3)[C@@H](C)[C@@H](c3ccc(CO)cc3)O2)cc1. The Morgan fingerprint density at radius 2 is 1.67 bits per heavy atom. The fourth-order valence-corrected chi connectivity index (χ4v) is 5.26. The molecule has 0 aliphatic carbocycles. The lowest BCUT2D eigenvalue weighted by molar-refractivity contribution is -0.268. The van der Waals surface area contributed by atoms with Gasteiger partial charge in [-0.05, 0) is 47.5 Å². The quantitative estimate of drug-likeness (QED) is 0.202. The molecule has 1 aliphatic heterocycles. The van der Waals surface area contributed by atoms with Gasteiger partial charge in [-0.3, -0.25) is 5.32 Å². The van der Waals surface area contributed by atoms with Crippen LogP contribution in [0.1, 0.15) is 46.4 Å². The second-order valence-corrected chi connectivity index (χ2v) is 10.2. The summed E-state index contributed by atoms with van der Waals surface area (Å²) in [5.74, 6) is -0.318. The second kappa shape index (κ2) is 13.4. The lowest BCUT2D eigenvalue weighted by atomic mass is 9.91. The maximum Gasteiger partial charge on any atom is 0.411 e. The molecule has 1 fully saturated rings. The van der Waals surface area contributed by atoms with Gasteiger partial charge < -0.3 is 24.4 Å². The first-order chi connectivity index (χ1) is 18.9. The summed E-state index contributed by atoms with van der Waals surface area (Å²) < 4.78 is 17.9. The number of carboxylic acid groups (broad SMARTS) is 1. The summed E-state index contributed by atoms with van der Waals surface area (Å²) in [6, 6.07) is 21.7. The molecule has 3 aromatic carbocycles. The van der Waals surface area contributed by atoms with Gasteiger partial charge in [0, 0.05) is 27.8 Å². The van der Waals surface area contributed by atoms with E-state index in [4.69, 9.17) is 19.3 Å². The molecule has 1 heterocycles. The number of nitrogens with one attached hydrogen (secondary N) is 1. The van der Waals surface area contributed by atoms with Gasteiger partial charge >= 0.3 is 12.1 Å². The number of benzene rings is 3. The molecule has 39 heavy (non-hydrogen) atoms. The van der Waals surface area contributed by atoms with E-state index in [0.717, 1.165) is 21.6 Å². The van der Waals surface area contributed by atoms with Crippen LogP contribution in [0.3, 0.4) is 0 Å². The van der Waals surface area contributed by atoms with Crippen LogP contribution in [0.5, 0.6) is 0 Å². The average molecular weight is 550 g/mol. The third kappa shape index (κ3) is 7.48. The van der Waals surface area contributed by atoms with Gasteiger partial charge in [-0.1, -0.05) is 56.0 Å². The van der Waals surface area contributed by atoms with Crippen molar-refractivity contribution in [3.05, 3.63) is 108 Å². The summed E-state index contributed by atoms with van der Waals surface area (Å²) >= 11 is 1.59. The summed E-state index contributed by atoms with van der Waals surface area (Å²) in [6.07, 6.45) is -0.160. The Morgan fingerprint density at radius 3 is 2.28 bits per heavy atom. The zero-order valence-electron chi connectivity index (χ0n) is 21.5. The number of aromatic carboxylic acids is 1.